The number of halogens is 2. The Hall–Kier alpha value is -0.670. The van der Waals surface area contributed by atoms with Crippen LogP contribution in [-0.2, 0) is 0 Å². The van der Waals surface area contributed by atoms with Crippen LogP contribution in [-0.4, -0.2) is 24.1 Å². The van der Waals surface area contributed by atoms with Gasteiger partial charge in [0.2, 0.25) is 0 Å². The zero-order chi connectivity index (χ0) is 14.6. The third-order valence-electron chi connectivity index (χ3n) is 3.54. The third-order valence-corrected chi connectivity index (χ3v) is 4.11. The number of aromatic nitrogens is 1. The smallest absolute Gasteiger partial charge is 0.150 e. The summed E-state index contributed by atoms with van der Waals surface area (Å²) in [7, 11) is 2.01. The fourth-order valence-electron chi connectivity index (χ4n) is 1.58. The van der Waals surface area contributed by atoms with E-state index in [-0.39, 0.29) is 5.54 Å². The molecule has 0 spiro atoms. The van der Waals surface area contributed by atoms with Crippen molar-refractivity contribution in [3.05, 3.63) is 16.1 Å². The summed E-state index contributed by atoms with van der Waals surface area (Å²) in [6, 6.07) is 1.76. The van der Waals surface area contributed by atoms with Crippen molar-refractivity contribution in [3.8, 4) is 0 Å². The summed E-state index contributed by atoms with van der Waals surface area (Å²) in [4.78, 5) is 6.67. The average Bonchev–Trinajstić information content (AvgIpc) is 2.37. The number of hydrogen-bond donors (Lipinski definition) is 1. The second kappa shape index (κ2) is 6.67. The summed E-state index contributed by atoms with van der Waals surface area (Å²) < 4.78 is 0. The highest BCUT2D eigenvalue weighted by molar-refractivity contribution is 6.37. The van der Waals surface area contributed by atoms with E-state index in [2.05, 4.69) is 42.9 Å². The fraction of sp³-hybridized carbons (Fsp3) is 0.643. The van der Waals surface area contributed by atoms with E-state index in [0.717, 1.165) is 25.2 Å². The van der Waals surface area contributed by atoms with Gasteiger partial charge in [0.25, 0.3) is 0 Å². The molecule has 0 aliphatic rings. The molecule has 0 radical (unpaired) electrons. The van der Waals surface area contributed by atoms with Gasteiger partial charge >= 0.3 is 0 Å². The summed E-state index contributed by atoms with van der Waals surface area (Å²) in [6.07, 6.45) is 2.02. The molecule has 1 N–H and O–H groups in total. The number of pyridine rings is 1. The molecule has 0 atom stereocenters. The molecule has 0 amide bonds. The van der Waals surface area contributed by atoms with Crippen LogP contribution in [0.4, 0.5) is 11.6 Å². The van der Waals surface area contributed by atoms with Gasteiger partial charge in [0.05, 0.1) is 10.0 Å². The van der Waals surface area contributed by atoms with Gasteiger partial charge in [-0.3, -0.25) is 0 Å². The third kappa shape index (κ3) is 3.90. The van der Waals surface area contributed by atoms with E-state index in [0.29, 0.717) is 15.9 Å². The molecule has 1 heterocycles. The van der Waals surface area contributed by atoms with E-state index in [1.54, 1.807) is 6.07 Å². The van der Waals surface area contributed by atoms with Crippen LogP contribution in [0.1, 0.15) is 40.5 Å². The van der Waals surface area contributed by atoms with Gasteiger partial charge in [-0.15, -0.1) is 0 Å². The summed E-state index contributed by atoms with van der Waals surface area (Å²) in [5.74, 6) is 1.46. The largest absolute Gasteiger partial charge is 0.369 e. The highest BCUT2D eigenvalue weighted by Crippen LogP contribution is 2.34. The molecular formula is C14H23Cl2N3. The number of nitrogens with one attached hydrogen (secondary N) is 1. The van der Waals surface area contributed by atoms with Gasteiger partial charge in [0.1, 0.15) is 11.6 Å². The molecular weight excluding hydrogens is 281 g/mol. The predicted molar refractivity (Wildman–Crippen MR) is 85.8 cm³/mol. The van der Waals surface area contributed by atoms with E-state index < -0.39 is 0 Å². The molecule has 1 rings (SSSR count). The number of hydrogen-bond acceptors (Lipinski definition) is 3. The number of rotatable bonds is 6. The van der Waals surface area contributed by atoms with E-state index in [9.17, 15) is 0 Å². The lowest BCUT2D eigenvalue weighted by atomic mass is 10.00. The molecule has 0 unspecified atom stereocenters. The number of anilines is 2. The Bertz CT molecular complexity index is 433. The van der Waals surface area contributed by atoms with Gasteiger partial charge < -0.3 is 10.2 Å². The molecule has 0 aliphatic carbocycles. The second-order valence-corrected chi connectivity index (χ2v) is 6.09. The lowest BCUT2D eigenvalue weighted by Gasteiger charge is -2.36. The lowest BCUT2D eigenvalue weighted by molar-refractivity contribution is 0.467. The minimum Gasteiger partial charge on any atom is -0.369 e. The van der Waals surface area contributed by atoms with Gasteiger partial charge in [0.15, 0.2) is 0 Å². The Morgan fingerprint density at radius 3 is 2.42 bits per heavy atom. The second-order valence-electron chi connectivity index (χ2n) is 5.28. The minimum atomic E-state index is -0.00744. The van der Waals surface area contributed by atoms with E-state index in [1.807, 2.05) is 7.05 Å². The quantitative estimate of drug-likeness (QED) is 0.815. The summed E-state index contributed by atoms with van der Waals surface area (Å²) in [5, 5.41) is 4.37. The van der Waals surface area contributed by atoms with Crippen molar-refractivity contribution in [1.29, 1.82) is 0 Å². The molecule has 0 aromatic carbocycles. The maximum absolute atomic E-state index is 6.28. The Morgan fingerprint density at radius 1 is 1.26 bits per heavy atom. The first kappa shape index (κ1) is 16.4. The summed E-state index contributed by atoms with van der Waals surface area (Å²) in [5.41, 5.74) is -0.00744. The highest BCUT2D eigenvalue weighted by Gasteiger charge is 2.25. The molecule has 19 heavy (non-hydrogen) atoms. The highest BCUT2D eigenvalue weighted by atomic mass is 35.5. The summed E-state index contributed by atoms with van der Waals surface area (Å²) in [6.45, 7) is 9.42. The molecule has 5 heteroatoms. The van der Waals surface area contributed by atoms with Crippen LogP contribution in [0.2, 0.25) is 10.0 Å². The Kier molecular flexibility index (Phi) is 5.75. The summed E-state index contributed by atoms with van der Waals surface area (Å²) >= 11 is 12.4. The van der Waals surface area contributed by atoms with Gasteiger partial charge in [0, 0.05) is 19.1 Å². The molecule has 0 aliphatic heterocycles. The number of nitrogens with zero attached hydrogens (tertiary/aromatic N) is 2. The van der Waals surface area contributed by atoms with E-state index >= 15 is 0 Å². The maximum Gasteiger partial charge on any atom is 0.150 e. The predicted octanol–water partition coefficient (Wildman–Crippen LogP) is 4.84. The molecule has 1 aromatic rings. The average molecular weight is 304 g/mol. The van der Waals surface area contributed by atoms with Crippen LogP contribution in [0.25, 0.3) is 0 Å². The molecule has 1 aromatic heterocycles. The standard InChI is InChI=1S/C14H23Cl2N3/c1-6-8-17-12-10(15)9-11(16)13(18-12)19(5)14(3,4)7-2/h9H,6-8H2,1-5H3,(H,17,18). The first-order valence-electron chi connectivity index (χ1n) is 6.67. The molecule has 0 bridgehead atoms. The molecule has 0 saturated heterocycles. The van der Waals surface area contributed by atoms with Crippen molar-refractivity contribution >= 4 is 34.8 Å². The van der Waals surface area contributed by atoms with Crippen LogP contribution in [0.15, 0.2) is 6.07 Å². The van der Waals surface area contributed by atoms with Gasteiger partial charge in [-0.2, -0.15) is 0 Å². The van der Waals surface area contributed by atoms with Crippen molar-refractivity contribution in [2.45, 2.75) is 46.1 Å². The Morgan fingerprint density at radius 2 is 1.89 bits per heavy atom. The monoisotopic (exact) mass is 303 g/mol. The molecule has 0 saturated carbocycles. The van der Waals surface area contributed by atoms with Crippen molar-refractivity contribution < 1.29 is 0 Å². The first-order valence-corrected chi connectivity index (χ1v) is 7.42. The Labute approximate surface area is 126 Å². The van der Waals surface area contributed by atoms with E-state index in [1.165, 1.54) is 0 Å². The van der Waals surface area contributed by atoms with Crippen LogP contribution in [0.3, 0.4) is 0 Å². The Balaban J connectivity index is 3.13. The van der Waals surface area contributed by atoms with E-state index in [4.69, 9.17) is 23.2 Å². The van der Waals surface area contributed by atoms with Crippen molar-refractivity contribution in [1.82, 2.24) is 4.98 Å². The molecule has 0 fully saturated rings. The topological polar surface area (TPSA) is 28.2 Å². The zero-order valence-corrected chi connectivity index (χ0v) is 13.9. The van der Waals surface area contributed by atoms with Crippen molar-refractivity contribution in [2.24, 2.45) is 0 Å². The zero-order valence-electron chi connectivity index (χ0n) is 12.3. The SMILES string of the molecule is CCCNc1nc(N(C)C(C)(C)CC)c(Cl)cc1Cl. The first-order chi connectivity index (χ1) is 8.83. The fourth-order valence-corrected chi connectivity index (χ4v) is 2.14. The van der Waals surface area contributed by atoms with Crippen LogP contribution in [0, 0.1) is 0 Å². The van der Waals surface area contributed by atoms with Crippen LogP contribution in [0.5, 0.6) is 0 Å². The lowest BCUT2D eigenvalue weighted by Crippen LogP contribution is -2.41. The van der Waals surface area contributed by atoms with Crippen molar-refractivity contribution in [2.75, 3.05) is 23.8 Å². The van der Waals surface area contributed by atoms with Gasteiger partial charge in [-0.1, -0.05) is 37.0 Å². The van der Waals surface area contributed by atoms with Crippen molar-refractivity contribution in [3.63, 3.8) is 0 Å². The molecule has 108 valence electrons. The molecule has 3 nitrogen and oxygen atoms in total. The maximum atomic E-state index is 6.28. The normalized spacial score (nSPS) is 11.5. The van der Waals surface area contributed by atoms with Crippen LogP contribution >= 0.6 is 23.2 Å². The van der Waals surface area contributed by atoms with Gasteiger partial charge in [-0.25, -0.2) is 4.98 Å². The van der Waals surface area contributed by atoms with Gasteiger partial charge in [-0.05, 0) is 32.8 Å². The minimum absolute atomic E-state index is 0.00744. The van der Waals surface area contributed by atoms with Crippen LogP contribution < -0.4 is 10.2 Å².